The largest absolute Gasteiger partial charge is 0.462 e. The maximum absolute atomic E-state index is 12.8. The fourth-order valence-electron chi connectivity index (χ4n) is 7.96. The van der Waals surface area contributed by atoms with E-state index >= 15 is 0 Å². The van der Waals surface area contributed by atoms with Gasteiger partial charge >= 0.3 is 17.9 Å². The summed E-state index contributed by atoms with van der Waals surface area (Å²) >= 11 is 0. The van der Waals surface area contributed by atoms with Gasteiger partial charge in [-0.25, -0.2) is 0 Å². The molecule has 0 N–H and O–H groups in total. The van der Waals surface area contributed by atoms with Crippen LogP contribution in [0.1, 0.15) is 291 Å². The second kappa shape index (κ2) is 45.9. The zero-order chi connectivity index (χ0) is 43.3. The summed E-state index contributed by atoms with van der Waals surface area (Å²) in [4.78, 5) is 37.9. The summed E-state index contributed by atoms with van der Waals surface area (Å²) in [6.07, 6.45) is 46.6. The Balaban J connectivity index is 4.29. The van der Waals surface area contributed by atoms with Gasteiger partial charge in [0.25, 0.3) is 0 Å². The third-order valence-electron chi connectivity index (χ3n) is 12.3. The molecule has 0 bridgehead atoms. The van der Waals surface area contributed by atoms with Gasteiger partial charge in [-0.3, -0.25) is 14.4 Å². The fraction of sp³-hybridized carbons (Fsp3) is 0.943. The van der Waals surface area contributed by atoms with Crippen molar-refractivity contribution in [2.45, 2.75) is 298 Å². The van der Waals surface area contributed by atoms with Crippen LogP contribution in [-0.4, -0.2) is 37.2 Å². The van der Waals surface area contributed by atoms with Crippen LogP contribution >= 0.6 is 0 Å². The van der Waals surface area contributed by atoms with Gasteiger partial charge in [0, 0.05) is 19.3 Å². The molecular formula is C53H102O6. The average molecular weight is 835 g/mol. The number of carbonyl (C=O) groups excluding carboxylic acids is 3. The van der Waals surface area contributed by atoms with Gasteiger partial charge in [0.15, 0.2) is 6.10 Å². The molecule has 0 heterocycles. The lowest BCUT2D eigenvalue weighted by atomic mass is 10.00. The summed E-state index contributed by atoms with van der Waals surface area (Å²) in [5.74, 6) is 0.804. The number of carbonyl (C=O) groups is 3. The van der Waals surface area contributed by atoms with Gasteiger partial charge in [-0.05, 0) is 31.1 Å². The maximum Gasteiger partial charge on any atom is 0.306 e. The Morgan fingerprint density at radius 3 is 0.966 bits per heavy atom. The van der Waals surface area contributed by atoms with Gasteiger partial charge in [0.1, 0.15) is 13.2 Å². The Hall–Kier alpha value is -1.59. The van der Waals surface area contributed by atoms with Crippen molar-refractivity contribution < 1.29 is 28.6 Å². The highest BCUT2D eigenvalue weighted by atomic mass is 16.6. The first kappa shape index (κ1) is 57.4. The van der Waals surface area contributed by atoms with E-state index in [1.165, 1.54) is 180 Å². The monoisotopic (exact) mass is 835 g/mol. The second-order valence-corrected chi connectivity index (χ2v) is 18.9. The van der Waals surface area contributed by atoms with Crippen LogP contribution in [-0.2, 0) is 28.6 Å². The summed E-state index contributed by atoms with van der Waals surface area (Å²) in [5.41, 5.74) is 0. The van der Waals surface area contributed by atoms with E-state index in [2.05, 4.69) is 34.6 Å². The van der Waals surface area contributed by atoms with Crippen LogP contribution in [0.4, 0.5) is 0 Å². The third kappa shape index (κ3) is 45.8. The van der Waals surface area contributed by atoms with Gasteiger partial charge in [-0.1, -0.05) is 253 Å². The van der Waals surface area contributed by atoms with Gasteiger partial charge in [-0.2, -0.15) is 0 Å². The third-order valence-corrected chi connectivity index (χ3v) is 12.3. The van der Waals surface area contributed by atoms with Crippen LogP contribution in [0.25, 0.3) is 0 Å². The first-order chi connectivity index (χ1) is 28.8. The van der Waals surface area contributed by atoms with Gasteiger partial charge in [0.05, 0.1) is 0 Å². The molecule has 0 saturated carbocycles. The lowest BCUT2D eigenvalue weighted by Gasteiger charge is -2.18. The Bertz CT molecular complexity index is 902. The molecule has 0 aromatic heterocycles. The van der Waals surface area contributed by atoms with E-state index in [1.807, 2.05) is 0 Å². The van der Waals surface area contributed by atoms with E-state index in [0.717, 1.165) is 69.6 Å². The molecular weight excluding hydrogens is 733 g/mol. The van der Waals surface area contributed by atoms with Crippen LogP contribution in [0, 0.1) is 11.8 Å². The van der Waals surface area contributed by atoms with Crippen molar-refractivity contribution in [3.8, 4) is 0 Å². The number of ether oxygens (including phenoxy) is 3. The summed E-state index contributed by atoms with van der Waals surface area (Å²) < 4.78 is 16.8. The fourth-order valence-corrected chi connectivity index (χ4v) is 7.96. The normalized spacial score (nSPS) is 12.5. The number of hydrogen-bond acceptors (Lipinski definition) is 6. The molecule has 0 fully saturated rings. The van der Waals surface area contributed by atoms with Gasteiger partial charge < -0.3 is 14.2 Å². The molecule has 0 aliphatic carbocycles. The molecule has 0 rings (SSSR count). The molecule has 59 heavy (non-hydrogen) atoms. The van der Waals surface area contributed by atoms with E-state index in [4.69, 9.17) is 14.2 Å². The van der Waals surface area contributed by atoms with Crippen molar-refractivity contribution in [1.29, 1.82) is 0 Å². The molecule has 0 aliphatic rings. The van der Waals surface area contributed by atoms with E-state index in [9.17, 15) is 14.4 Å². The molecule has 1 unspecified atom stereocenters. The molecule has 0 aromatic rings. The summed E-state index contributed by atoms with van der Waals surface area (Å²) in [7, 11) is 0. The second-order valence-electron chi connectivity index (χ2n) is 18.9. The summed E-state index contributed by atoms with van der Waals surface area (Å²) in [5, 5.41) is 0. The molecule has 6 nitrogen and oxygen atoms in total. The maximum atomic E-state index is 12.8. The Morgan fingerprint density at radius 2 is 0.644 bits per heavy atom. The predicted octanol–water partition coefficient (Wildman–Crippen LogP) is 16.9. The zero-order valence-electron chi connectivity index (χ0n) is 40.4. The van der Waals surface area contributed by atoms with E-state index < -0.39 is 6.10 Å². The molecule has 350 valence electrons. The topological polar surface area (TPSA) is 78.9 Å². The molecule has 0 aromatic carbocycles. The lowest BCUT2D eigenvalue weighted by Crippen LogP contribution is -2.30. The minimum Gasteiger partial charge on any atom is -0.462 e. The molecule has 0 saturated heterocycles. The van der Waals surface area contributed by atoms with Crippen LogP contribution in [0.15, 0.2) is 0 Å². The van der Waals surface area contributed by atoms with Crippen LogP contribution in [0.3, 0.4) is 0 Å². The first-order valence-electron chi connectivity index (χ1n) is 26.3. The van der Waals surface area contributed by atoms with E-state index in [-0.39, 0.29) is 31.1 Å². The Morgan fingerprint density at radius 1 is 0.356 bits per heavy atom. The van der Waals surface area contributed by atoms with Crippen molar-refractivity contribution in [2.75, 3.05) is 13.2 Å². The predicted molar refractivity (Wildman–Crippen MR) is 252 cm³/mol. The Labute approximate surface area is 368 Å². The molecule has 0 amide bonds. The SMILES string of the molecule is CCCCCCCCCCCCCCCCCC(=O)O[C@@H](COC(=O)CCCCCCCCCCCCCCCC(C)C)COC(=O)CCCCCCCCC(C)CC. The minimum atomic E-state index is -0.762. The van der Waals surface area contributed by atoms with Gasteiger partial charge in [-0.15, -0.1) is 0 Å². The molecule has 6 heteroatoms. The number of unbranched alkanes of at least 4 members (excludes halogenated alkanes) is 31. The lowest BCUT2D eigenvalue weighted by molar-refractivity contribution is -0.167. The van der Waals surface area contributed by atoms with Crippen LogP contribution in [0.5, 0.6) is 0 Å². The van der Waals surface area contributed by atoms with E-state index in [1.54, 1.807) is 0 Å². The van der Waals surface area contributed by atoms with Crippen LogP contribution in [0.2, 0.25) is 0 Å². The Kier molecular flexibility index (Phi) is 44.7. The highest BCUT2D eigenvalue weighted by molar-refractivity contribution is 5.71. The number of rotatable bonds is 47. The summed E-state index contributed by atoms with van der Waals surface area (Å²) in [6.45, 7) is 11.4. The summed E-state index contributed by atoms with van der Waals surface area (Å²) in [6, 6.07) is 0. The van der Waals surface area contributed by atoms with Gasteiger partial charge in [0.2, 0.25) is 0 Å². The quantitative estimate of drug-likeness (QED) is 0.0345. The molecule has 2 atom stereocenters. The first-order valence-corrected chi connectivity index (χ1v) is 26.3. The molecule has 0 spiro atoms. The highest BCUT2D eigenvalue weighted by Crippen LogP contribution is 2.18. The van der Waals surface area contributed by atoms with Crippen molar-refractivity contribution in [2.24, 2.45) is 11.8 Å². The standard InChI is InChI=1S/C53H102O6/c1-6-8-9-10-11-12-13-14-15-18-22-25-28-35-40-45-53(56)59-50(47-58-52(55)44-39-34-30-29-32-37-42-49(5)7-2)46-57-51(54)43-38-33-27-24-21-19-16-17-20-23-26-31-36-41-48(3)4/h48-50H,6-47H2,1-5H3/t49?,50-/m0/s1. The zero-order valence-corrected chi connectivity index (χ0v) is 40.4. The number of hydrogen-bond donors (Lipinski definition) is 0. The van der Waals surface area contributed by atoms with Crippen molar-refractivity contribution >= 4 is 17.9 Å². The number of esters is 3. The van der Waals surface area contributed by atoms with Crippen LogP contribution < -0.4 is 0 Å². The minimum absolute atomic E-state index is 0.0642. The smallest absolute Gasteiger partial charge is 0.306 e. The highest BCUT2D eigenvalue weighted by Gasteiger charge is 2.19. The molecule has 0 aliphatic heterocycles. The molecule has 0 radical (unpaired) electrons. The van der Waals surface area contributed by atoms with Crippen molar-refractivity contribution in [1.82, 2.24) is 0 Å². The average Bonchev–Trinajstić information content (AvgIpc) is 3.22. The van der Waals surface area contributed by atoms with E-state index in [0.29, 0.717) is 19.3 Å². The van der Waals surface area contributed by atoms with Crippen molar-refractivity contribution in [3.05, 3.63) is 0 Å². The van der Waals surface area contributed by atoms with Crippen molar-refractivity contribution in [3.63, 3.8) is 0 Å².